The van der Waals surface area contributed by atoms with Gasteiger partial charge >= 0.3 is 6.18 Å². The number of para-hydroxylation sites is 1. The van der Waals surface area contributed by atoms with Gasteiger partial charge in [0.25, 0.3) is 0 Å². The number of carbonyl (C=O) groups is 1. The van der Waals surface area contributed by atoms with Gasteiger partial charge in [-0.1, -0.05) is 66.7 Å². The summed E-state index contributed by atoms with van der Waals surface area (Å²) in [7, 11) is 0. The number of halogens is 3. The molecule has 0 saturated carbocycles. The third-order valence-electron chi connectivity index (χ3n) is 4.90. The lowest BCUT2D eigenvalue weighted by atomic mass is 9.90. The lowest BCUT2D eigenvalue weighted by Gasteiger charge is -2.16. The Bertz CT molecular complexity index is 1210. The molecule has 4 aromatic rings. The molecule has 0 amide bonds. The van der Waals surface area contributed by atoms with E-state index in [1.165, 1.54) is 12.3 Å². The number of nitrogens with zero attached hydrogens (tertiary/aromatic N) is 1. The Morgan fingerprint density at radius 1 is 0.828 bits per heavy atom. The Kier molecular flexibility index (Phi) is 4.66. The van der Waals surface area contributed by atoms with E-state index in [4.69, 9.17) is 0 Å². The minimum absolute atomic E-state index is 0.166. The summed E-state index contributed by atoms with van der Waals surface area (Å²) in [5.41, 5.74) is 1.70. The lowest BCUT2D eigenvalue weighted by Crippen LogP contribution is -2.10. The van der Waals surface area contributed by atoms with Crippen molar-refractivity contribution in [1.82, 2.24) is 4.98 Å². The average molecular weight is 391 g/mol. The molecule has 1 aromatic heterocycles. The predicted octanol–water partition coefficient (Wildman–Crippen LogP) is 6.46. The van der Waals surface area contributed by atoms with Gasteiger partial charge < -0.3 is 0 Å². The minimum atomic E-state index is -4.54. The highest BCUT2D eigenvalue weighted by Gasteiger charge is 2.34. The molecule has 0 saturated heterocycles. The van der Waals surface area contributed by atoms with E-state index in [1.54, 1.807) is 42.5 Å². The van der Waals surface area contributed by atoms with E-state index in [0.29, 0.717) is 22.1 Å². The second-order valence-electron chi connectivity index (χ2n) is 6.76. The maximum atomic E-state index is 13.5. The van der Waals surface area contributed by atoms with E-state index in [2.05, 4.69) is 4.98 Å². The Morgan fingerprint density at radius 2 is 1.52 bits per heavy atom. The van der Waals surface area contributed by atoms with Gasteiger partial charge in [0.1, 0.15) is 0 Å². The number of aryl methyl sites for hydroxylation is 1. The van der Waals surface area contributed by atoms with Crippen LogP contribution >= 0.6 is 0 Å². The number of rotatable bonds is 3. The molecule has 0 aliphatic heterocycles. The maximum Gasteiger partial charge on any atom is 0.418 e. The smallest absolute Gasteiger partial charge is 0.289 e. The van der Waals surface area contributed by atoms with Crippen LogP contribution in [0.4, 0.5) is 13.2 Å². The first-order valence-electron chi connectivity index (χ1n) is 9.02. The zero-order chi connectivity index (χ0) is 20.6. The van der Waals surface area contributed by atoms with Crippen LogP contribution in [0.1, 0.15) is 27.0 Å². The fourth-order valence-corrected chi connectivity index (χ4v) is 3.51. The Balaban J connectivity index is 2.06. The first kappa shape index (κ1) is 18.9. The molecule has 29 heavy (non-hydrogen) atoms. The molecule has 0 atom stereocenters. The fraction of sp³-hybridized carbons (Fsp3) is 0.0833. The standard InChI is InChI=1S/C24H16F3NO/c1-15-8-5-6-11-17(15)23(29)19-14-28-22-18(12-7-13-20(22)24(25,26)27)21(19)16-9-3-2-4-10-16/h2-14H,1H3. The number of aromatic nitrogens is 1. The summed E-state index contributed by atoms with van der Waals surface area (Å²) in [6.45, 7) is 1.83. The van der Waals surface area contributed by atoms with Gasteiger partial charge in [0.2, 0.25) is 0 Å². The number of carbonyl (C=O) groups excluding carboxylic acids is 1. The van der Waals surface area contributed by atoms with E-state index in [9.17, 15) is 18.0 Å². The van der Waals surface area contributed by atoms with E-state index in [0.717, 1.165) is 11.6 Å². The SMILES string of the molecule is Cc1ccccc1C(=O)c1cnc2c(C(F)(F)F)cccc2c1-c1ccccc1. The summed E-state index contributed by atoms with van der Waals surface area (Å²) in [6, 6.07) is 20.0. The third kappa shape index (κ3) is 3.40. The highest BCUT2D eigenvalue weighted by molar-refractivity contribution is 6.17. The molecule has 0 unspecified atom stereocenters. The van der Waals surface area contributed by atoms with Crippen LogP contribution in [-0.4, -0.2) is 10.8 Å². The zero-order valence-corrected chi connectivity index (χ0v) is 15.5. The zero-order valence-electron chi connectivity index (χ0n) is 15.5. The number of fused-ring (bicyclic) bond motifs is 1. The van der Waals surface area contributed by atoms with Crippen molar-refractivity contribution >= 4 is 16.7 Å². The molecule has 144 valence electrons. The second kappa shape index (κ2) is 7.17. The molecule has 1 heterocycles. The van der Waals surface area contributed by atoms with Crippen LogP contribution in [0.5, 0.6) is 0 Å². The van der Waals surface area contributed by atoms with E-state index >= 15 is 0 Å². The van der Waals surface area contributed by atoms with Gasteiger partial charge in [0.05, 0.1) is 11.1 Å². The van der Waals surface area contributed by atoms with Crippen LogP contribution < -0.4 is 0 Å². The summed E-state index contributed by atoms with van der Waals surface area (Å²) < 4.78 is 40.6. The number of alkyl halides is 3. The Labute approximate surface area is 165 Å². The van der Waals surface area contributed by atoms with Gasteiger partial charge in [0.15, 0.2) is 5.78 Å². The molecule has 0 bridgehead atoms. The van der Waals surface area contributed by atoms with Gasteiger partial charge in [0, 0.05) is 28.3 Å². The molecule has 4 rings (SSSR count). The summed E-state index contributed by atoms with van der Waals surface area (Å²) >= 11 is 0. The van der Waals surface area contributed by atoms with Gasteiger partial charge in [-0.2, -0.15) is 13.2 Å². The molecular formula is C24H16F3NO. The quantitative estimate of drug-likeness (QED) is 0.375. The molecule has 0 aliphatic carbocycles. The number of hydrogen-bond acceptors (Lipinski definition) is 2. The Morgan fingerprint density at radius 3 is 2.21 bits per heavy atom. The van der Waals surface area contributed by atoms with Crippen molar-refractivity contribution in [2.24, 2.45) is 0 Å². The first-order chi connectivity index (χ1) is 13.9. The molecule has 0 N–H and O–H groups in total. The van der Waals surface area contributed by atoms with Crippen molar-refractivity contribution in [1.29, 1.82) is 0 Å². The number of hydrogen-bond donors (Lipinski definition) is 0. The summed E-state index contributed by atoms with van der Waals surface area (Å²) in [6.07, 6.45) is -3.28. The van der Waals surface area contributed by atoms with E-state index < -0.39 is 11.7 Å². The van der Waals surface area contributed by atoms with Crippen molar-refractivity contribution in [3.8, 4) is 11.1 Å². The lowest BCUT2D eigenvalue weighted by molar-refractivity contribution is -0.136. The first-order valence-corrected chi connectivity index (χ1v) is 9.02. The van der Waals surface area contributed by atoms with Crippen LogP contribution in [0.3, 0.4) is 0 Å². The van der Waals surface area contributed by atoms with Crippen molar-refractivity contribution in [3.05, 3.63) is 101 Å². The van der Waals surface area contributed by atoms with Crippen LogP contribution in [0.25, 0.3) is 22.0 Å². The summed E-state index contributed by atoms with van der Waals surface area (Å²) in [5, 5.41) is 0.297. The molecule has 0 radical (unpaired) electrons. The van der Waals surface area contributed by atoms with Gasteiger partial charge in [-0.25, -0.2) is 0 Å². The molecule has 0 spiro atoms. The van der Waals surface area contributed by atoms with Gasteiger partial charge in [-0.15, -0.1) is 0 Å². The normalized spacial score (nSPS) is 11.6. The monoisotopic (exact) mass is 391 g/mol. The van der Waals surface area contributed by atoms with E-state index in [-0.39, 0.29) is 16.9 Å². The molecule has 0 fully saturated rings. The highest BCUT2D eigenvalue weighted by atomic mass is 19.4. The van der Waals surface area contributed by atoms with E-state index in [1.807, 2.05) is 25.1 Å². The molecule has 2 nitrogen and oxygen atoms in total. The number of benzene rings is 3. The largest absolute Gasteiger partial charge is 0.418 e. The molecular weight excluding hydrogens is 375 g/mol. The van der Waals surface area contributed by atoms with Gasteiger partial charge in [-0.05, 0) is 24.1 Å². The third-order valence-corrected chi connectivity index (χ3v) is 4.90. The summed E-state index contributed by atoms with van der Waals surface area (Å²) in [4.78, 5) is 17.4. The van der Waals surface area contributed by atoms with Crippen molar-refractivity contribution in [2.75, 3.05) is 0 Å². The number of ketones is 1. The fourth-order valence-electron chi connectivity index (χ4n) is 3.51. The second-order valence-corrected chi connectivity index (χ2v) is 6.76. The highest BCUT2D eigenvalue weighted by Crippen LogP contribution is 2.39. The van der Waals surface area contributed by atoms with Crippen LogP contribution in [0, 0.1) is 6.92 Å². The van der Waals surface area contributed by atoms with Crippen molar-refractivity contribution < 1.29 is 18.0 Å². The molecule has 0 aliphatic rings. The minimum Gasteiger partial charge on any atom is -0.289 e. The van der Waals surface area contributed by atoms with Crippen molar-refractivity contribution in [3.63, 3.8) is 0 Å². The maximum absolute atomic E-state index is 13.5. The van der Waals surface area contributed by atoms with Crippen LogP contribution in [-0.2, 0) is 6.18 Å². The van der Waals surface area contributed by atoms with Gasteiger partial charge in [-0.3, -0.25) is 9.78 Å². The predicted molar refractivity (Wildman–Crippen MR) is 107 cm³/mol. The van der Waals surface area contributed by atoms with Crippen molar-refractivity contribution in [2.45, 2.75) is 13.1 Å². The number of pyridine rings is 1. The molecule has 3 aromatic carbocycles. The summed E-state index contributed by atoms with van der Waals surface area (Å²) in [5.74, 6) is -0.270. The topological polar surface area (TPSA) is 30.0 Å². The average Bonchev–Trinajstić information content (AvgIpc) is 2.72. The molecule has 5 heteroatoms. The Hall–Kier alpha value is -3.47. The van der Waals surface area contributed by atoms with Crippen LogP contribution in [0.2, 0.25) is 0 Å². The van der Waals surface area contributed by atoms with Crippen LogP contribution in [0.15, 0.2) is 79.0 Å².